The van der Waals surface area contributed by atoms with Crippen LogP contribution in [0.3, 0.4) is 0 Å². The van der Waals surface area contributed by atoms with Gasteiger partial charge in [0.25, 0.3) is 5.97 Å². The maximum Gasteiger partial charge on any atom is 0.283 e. The predicted octanol–water partition coefficient (Wildman–Crippen LogP) is 6.96. The number of methoxy groups -OCH3 is 2. The van der Waals surface area contributed by atoms with Crippen molar-refractivity contribution in [3.05, 3.63) is 34.6 Å². The molecule has 0 aliphatic heterocycles. The fourth-order valence-electron chi connectivity index (χ4n) is 5.04. The van der Waals surface area contributed by atoms with Gasteiger partial charge in [0.1, 0.15) is 0 Å². The van der Waals surface area contributed by atoms with Gasteiger partial charge in [-0.1, -0.05) is 45.4 Å². The van der Waals surface area contributed by atoms with Gasteiger partial charge in [0.2, 0.25) is 5.82 Å². The second kappa shape index (κ2) is 12.3. The van der Waals surface area contributed by atoms with Gasteiger partial charge in [0.15, 0.2) is 23.3 Å². The van der Waals surface area contributed by atoms with E-state index < -0.39 is 46.5 Å². The lowest BCUT2D eigenvalue weighted by Gasteiger charge is -2.41. The highest BCUT2D eigenvalue weighted by atomic mass is 19.2. The molecule has 0 spiro atoms. The van der Waals surface area contributed by atoms with Crippen LogP contribution >= 0.6 is 0 Å². The third kappa shape index (κ3) is 6.00. The predicted molar refractivity (Wildman–Crippen MR) is 111 cm³/mol. The van der Waals surface area contributed by atoms with Crippen LogP contribution in [0.1, 0.15) is 89.0 Å². The van der Waals surface area contributed by atoms with E-state index >= 15 is 0 Å². The molecule has 1 saturated carbocycles. The molecule has 1 aliphatic rings. The first kappa shape index (κ1) is 27.0. The largest absolute Gasteiger partial charge is 0.343 e. The quantitative estimate of drug-likeness (QED) is 0.119. The summed E-state index contributed by atoms with van der Waals surface area (Å²) in [5, 5.41) is 10.9. The number of hydrogen-bond acceptors (Lipinski definition) is 3. The zero-order valence-corrected chi connectivity index (χ0v) is 19.2. The van der Waals surface area contributed by atoms with E-state index in [1.165, 1.54) is 20.6 Å². The van der Waals surface area contributed by atoms with Crippen LogP contribution in [0.15, 0.2) is 0 Å². The molecule has 32 heavy (non-hydrogen) atoms. The Morgan fingerprint density at radius 1 is 0.781 bits per heavy atom. The smallest absolute Gasteiger partial charge is 0.283 e. The Morgan fingerprint density at radius 2 is 1.25 bits per heavy atom. The minimum atomic E-state index is -2.14. The molecule has 184 valence electrons. The lowest BCUT2D eigenvalue weighted by molar-refractivity contribution is -0.376. The van der Waals surface area contributed by atoms with Crippen molar-refractivity contribution in [1.29, 1.82) is 0 Å². The number of halogens is 5. The van der Waals surface area contributed by atoms with E-state index in [2.05, 4.69) is 6.92 Å². The maximum absolute atomic E-state index is 14.2. The molecule has 3 nitrogen and oxygen atoms in total. The fourth-order valence-corrected chi connectivity index (χ4v) is 5.04. The third-order valence-electron chi connectivity index (χ3n) is 6.92. The summed E-state index contributed by atoms with van der Waals surface area (Å²) in [7, 11) is 2.72. The highest BCUT2D eigenvalue weighted by Gasteiger charge is 2.44. The number of aliphatic hydroxyl groups is 1. The molecule has 1 atom stereocenters. The molecule has 0 amide bonds. The van der Waals surface area contributed by atoms with Crippen LogP contribution in [0.25, 0.3) is 0 Å². The zero-order chi connectivity index (χ0) is 23.9. The molecule has 1 aromatic carbocycles. The Kier molecular flexibility index (Phi) is 10.4. The first-order valence-electron chi connectivity index (χ1n) is 11.6. The number of benzene rings is 1. The molecule has 0 saturated heterocycles. The molecule has 1 fully saturated rings. The van der Waals surface area contributed by atoms with Gasteiger partial charge in [-0.15, -0.1) is 0 Å². The summed E-state index contributed by atoms with van der Waals surface area (Å²) in [6, 6.07) is 0. The van der Waals surface area contributed by atoms with Gasteiger partial charge in [0.05, 0.1) is 0 Å². The van der Waals surface area contributed by atoms with Crippen molar-refractivity contribution < 1.29 is 36.5 Å². The summed E-state index contributed by atoms with van der Waals surface area (Å²) in [4.78, 5) is 0. The normalized spacial score (nSPS) is 20.5. The minimum absolute atomic E-state index is 0.0620. The van der Waals surface area contributed by atoms with Crippen LogP contribution in [-0.4, -0.2) is 25.3 Å². The van der Waals surface area contributed by atoms with E-state index in [0.29, 0.717) is 19.3 Å². The Morgan fingerprint density at radius 3 is 1.75 bits per heavy atom. The average Bonchev–Trinajstić information content (AvgIpc) is 2.81. The Bertz CT molecular complexity index is 702. The topological polar surface area (TPSA) is 38.7 Å². The molecule has 1 aromatic rings. The van der Waals surface area contributed by atoms with Crippen molar-refractivity contribution in [2.24, 2.45) is 11.8 Å². The molecule has 8 heteroatoms. The lowest BCUT2D eigenvalue weighted by atomic mass is 9.71. The van der Waals surface area contributed by atoms with E-state index in [9.17, 15) is 27.1 Å². The number of ether oxygens (including phenoxy) is 2. The van der Waals surface area contributed by atoms with E-state index in [-0.39, 0.29) is 24.7 Å². The second-order valence-corrected chi connectivity index (χ2v) is 8.80. The molecule has 1 N–H and O–H groups in total. The Hall–Kier alpha value is -1.25. The van der Waals surface area contributed by atoms with E-state index in [4.69, 9.17) is 9.47 Å². The molecule has 0 bridgehead atoms. The standard InChI is InChI=1S/C24H35F5O3/c1-4-5-6-7-8-9-10-17(24(30,31-2)32-3)15-11-13-16(14-12-15)18-19(25)21(27)23(29)22(28)20(18)26/h15-17,30H,4-14H2,1-3H3. The van der Waals surface area contributed by atoms with Crippen LogP contribution in [-0.2, 0) is 9.47 Å². The summed E-state index contributed by atoms with van der Waals surface area (Å²) >= 11 is 0. The summed E-state index contributed by atoms with van der Waals surface area (Å²) in [5.74, 6) is -12.4. The van der Waals surface area contributed by atoms with E-state index in [1.807, 2.05) is 0 Å². The van der Waals surface area contributed by atoms with Gasteiger partial charge in [0, 0.05) is 25.7 Å². The zero-order valence-electron chi connectivity index (χ0n) is 19.2. The van der Waals surface area contributed by atoms with E-state index in [1.54, 1.807) is 0 Å². The van der Waals surface area contributed by atoms with Gasteiger partial charge in [-0.25, -0.2) is 22.0 Å². The van der Waals surface area contributed by atoms with Crippen LogP contribution in [0, 0.1) is 40.9 Å². The van der Waals surface area contributed by atoms with E-state index in [0.717, 1.165) is 32.1 Å². The average molecular weight is 467 g/mol. The van der Waals surface area contributed by atoms with Gasteiger partial charge in [-0.05, 0) is 43.9 Å². The highest BCUT2D eigenvalue weighted by Crippen LogP contribution is 2.45. The van der Waals surface area contributed by atoms with Crippen molar-refractivity contribution in [3.63, 3.8) is 0 Å². The van der Waals surface area contributed by atoms with Crippen LogP contribution in [0.2, 0.25) is 0 Å². The monoisotopic (exact) mass is 466 g/mol. The molecule has 1 aliphatic carbocycles. The number of unbranched alkanes of at least 4 members (excludes halogenated alkanes) is 5. The van der Waals surface area contributed by atoms with Gasteiger partial charge in [-0.2, -0.15) is 0 Å². The summed E-state index contributed by atoms with van der Waals surface area (Å²) in [5.41, 5.74) is -0.735. The van der Waals surface area contributed by atoms with Crippen LogP contribution < -0.4 is 0 Å². The van der Waals surface area contributed by atoms with Crippen molar-refractivity contribution >= 4 is 0 Å². The number of rotatable bonds is 12. The second-order valence-electron chi connectivity index (χ2n) is 8.80. The summed E-state index contributed by atoms with van der Waals surface area (Å²) < 4.78 is 79.6. The minimum Gasteiger partial charge on any atom is -0.343 e. The maximum atomic E-state index is 14.2. The lowest BCUT2D eigenvalue weighted by Crippen LogP contribution is -2.46. The van der Waals surface area contributed by atoms with Gasteiger partial charge < -0.3 is 14.6 Å². The fraction of sp³-hybridized carbons (Fsp3) is 0.750. The molecular weight excluding hydrogens is 431 g/mol. The summed E-state index contributed by atoms with van der Waals surface area (Å²) in [6.45, 7) is 2.15. The molecule has 1 unspecified atom stereocenters. The Labute approximate surface area is 187 Å². The number of hydrogen-bond donors (Lipinski definition) is 1. The third-order valence-corrected chi connectivity index (χ3v) is 6.92. The van der Waals surface area contributed by atoms with Crippen molar-refractivity contribution in [3.8, 4) is 0 Å². The molecule has 0 aromatic heterocycles. The summed E-state index contributed by atoms with van der Waals surface area (Å²) in [6.07, 6.45) is 8.56. The van der Waals surface area contributed by atoms with Crippen molar-refractivity contribution in [2.45, 2.75) is 89.4 Å². The van der Waals surface area contributed by atoms with Crippen LogP contribution in [0.5, 0.6) is 0 Å². The molecule has 0 radical (unpaired) electrons. The molecule has 2 rings (SSSR count). The first-order chi connectivity index (χ1) is 15.2. The molecular formula is C24H35F5O3. The van der Waals surface area contributed by atoms with Gasteiger partial charge >= 0.3 is 0 Å². The first-order valence-corrected chi connectivity index (χ1v) is 11.6. The van der Waals surface area contributed by atoms with Crippen molar-refractivity contribution in [1.82, 2.24) is 0 Å². The van der Waals surface area contributed by atoms with Crippen LogP contribution in [0.4, 0.5) is 22.0 Å². The SMILES string of the molecule is CCCCCCCCC(C1CCC(c2c(F)c(F)c(F)c(F)c2F)CC1)C(O)(OC)OC. The molecule has 0 heterocycles. The van der Waals surface area contributed by atoms with Gasteiger partial charge in [-0.3, -0.25) is 0 Å². The highest BCUT2D eigenvalue weighted by molar-refractivity contribution is 5.28. The van der Waals surface area contributed by atoms with Crippen molar-refractivity contribution in [2.75, 3.05) is 14.2 Å². The Balaban J connectivity index is 2.10.